The zero-order chi connectivity index (χ0) is 21.5. The lowest BCUT2D eigenvalue weighted by molar-refractivity contribution is 0.00701. The molecule has 0 amide bonds. The minimum Gasteiger partial charge on any atom is -0.456 e. The highest BCUT2D eigenvalue weighted by Gasteiger charge is 2.43. The lowest BCUT2D eigenvalue weighted by Gasteiger charge is -2.22. The van der Waals surface area contributed by atoms with Crippen LogP contribution in [0.3, 0.4) is 0 Å². The van der Waals surface area contributed by atoms with Crippen molar-refractivity contribution in [3.63, 3.8) is 0 Å². The zero-order valence-electron chi connectivity index (χ0n) is 17.0. The molecule has 1 fully saturated rings. The molecule has 2 N–H and O–H groups in total. The Morgan fingerprint density at radius 1 is 1.30 bits per heavy atom. The Morgan fingerprint density at radius 2 is 2.07 bits per heavy atom. The van der Waals surface area contributed by atoms with Crippen molar-refractivity contribution in [2.24, 2.45) is 0 Å². The molecule has 1 saturated carbocycles. The molecule has 30 heavy (non-hydrogen) atoms. The molecule has 0 bridgehead atoms. The molecule has 0 aromatic carbocycles. The summed E-state index contributed by atoms with van der Waals surface area (Å²) in [7, 11) is 0. The molecule has 9 nitrogen and oxygen atoms in total. The number of ether oxygens (including phenoxy) is 1. The fraction of sp³-hybridized carbons (Fsp3) is 0.381. The van der Waals surface area contributed by atoms with Crippen molar-refractivity contribution >= 4 is 22.7 Å². The highest BCUT2D eigenvalue weighted by atomic mass is 16.6. The lowest BCUT2D eigenvalue weighted by Crippen LogP contribution is -2.29. The predicted molar refractivity (Wildman–Crippen MR) is 109 cm³/mol. The van der Waals surface area contributed by atoms with Gasteiger partial charge < -0.3 is 15.2 Å². The fourth-order valence-corrected chi connectivity index (χ4v) is 3.07. The summed E-state index contributed by atoms with van der Waals surface area (Å²) in [4.78, 5) is 21.4. The van der Waals surface area contributed by atoms with E-state index in [1.807, 2.05) is 0 Å². The van der Waals surface area contributed by atoms with Crippen LogP contribution in [0.4, 0.5) is 5.69 Å². The first-order chi connectivity index (χ1) is 14.2. The number of hydrogen-bond acceptors (Lipinski definition) is 8. The molecule has 4 rings (SSSR count). The van der Waals surface area contributed by atoms with Crippen molar-refractivity contribution in [2.45, 2.75) is 44.8 Å². The predicted octanol–water partition coefficient (Wildman–Crippen LogP) is 2.58. The third-order valence-corrected chi connectivity index (χ3v) is 4.82. The largest absolute Gasteiger partial charge is 0.456 e. The maximum absolute atomic E-state index is 12.7. The van der Waals surface area contributed by atoms with E-state index in [-0.39, 0.29) is 12.2 Å². The monoisotopic (exact) mass is 406 g/mol. The smallest absolute Gasteiger partial charge is 0.342 e. The summed E-state index contributed by atoms with van der Waals surface area (Å²) in [6.07, 6.45) is 6.13. The van der Waals surface area contributed by atoms with Crippen LogP contribution in [-0.4, -0.2) is 48.6 Å². The first kappa shape index (κ1) is 19.8. The van der Waals surface area contributed by atoms with Crippen molar-refractivity contribution in [1.82, 2.24) is 19.7 Å². The van der Waals surface area contributed by atoms with Gasteiger partial charge in [0.15, 0.2) is 11.5 Å². The summed E-state index contributed by atoms with van der Waals surface area (Å²) in [5, 5.41) is 27.1. The Labute approximate surface area is 173 Å². The van der Waals surface area contributed by atoms with E-state index in [0.29, 0.717) is 28.1 Å². The second-order valence-electron chi connectivity index (χ2n) is 8.46. The van der Waals surface area contributed by atoms with E-state index in [1.54, 1.807) is 43.8 Å². The molecule has 0 atom stereocenters. The van der Waals surface area contributed by atoms with Gasteiger partial charge in [0.2, 0.25) is 0 Å². The number of aliphatic hydroxyl groups is 1. The van der Waals surface area contributed by atoms with Crippen molar-refractivity contribution < 1.29 is 14.6 Å². The van der Waals surface area contributed by atoms with Crippen molar-refractivity contribution in [3.05, 3.63) is 41.9 Å². The third kappa shape index (κ3) is 3.82. The maximum atomic E-state index is 12.7. The number of esters is 1. The molecule has 0 radical (unpaired) electrons. The number of carbonyl (C=O) groups is 1. The number of aliphatic hydroxyl groups excluding tert-OH is 1. The van der Waals surface area contributed by atoms with Crippen LogP contribution in [0.15, 0.2) is 30.7 Å². The molecule has 0 saturated heterocycles. The molecule has 3 aromatic rings. The van der Waals surface area contributed by atoms with E-state index in [1.165, 1.54) is 12.4 Å². The highest BCUT2D eigenvalue weighted by molar-refractivity contribution is 5.96. The van der Waals surface area contributed by atoms with E-state index in [2.05, 4.69) is 26.5 Å². The van der Waals surface area contributed by atoms with E-state index in [4.69, 9.17) is 10.00 Å². The van der Waals surface area contributed by atoms with Crippen LogP contribution in [-0.2, 0) is 4.74 Å². The quantitative estimate of drug-likeness (QED) is 0.619. The number of nitriles is 1. The fourth-order valence-electron chi connectivity index (χ4n) is 3.07. The van der Waals surface area contributed by atoms with Gasteiger partial charge in [-0.1, -0.05) is 0 Å². The van der Waals surface area contributed by atoms with Crippen molar-refractivity contribution in [1.29, 1.82) is 5.26 Å². The topological polar surface area (TPSA) is 126 Å². The summed E-state index contributed by atoms with van der Waals surface area (Å²) in [5.74, 6) is -0.0503. The van der Waals surface area contributed by atoms with Crippen LogP contribution in [0.5, 0.6) is 0 Å². The molecule has 0 spiro atoms. The van der Waals surface area contributed by atoms with E-state index < -0.39 is 17.1 Å². The Bertz CT molecular complexity index is 1170. The van der Waals surface area contributed by atoms with Crippen LogP contribution in [0.25, 0.3) is 16.9 Å². The van der Waals surface area contributed by atoms with Crippen LogP contribution >= 0.6 is 0 Å². The summed E-state index contributed by atoms with van der Waals surface area (Å²) >= 11 is 0. The SMILES string of the molecule is CC(C)(C)OC(=O)c1cnc(-n2ncc3cc(C#N)cnc32)cc1NC1(CO)CC1. The second-order valence-corrected chi connectivity index (χ2v) is 8.46. The Hall–Kier alpha value is -3.51. The average Bonchev–Trinajstić information content (AvgIpc) is 3.35. The summed E-state index contributed by atoms with van der Waals surface area (Å²) < 4.78 is 7.05. The summed E-state index contributed by atoms with van der Waals surface area (Å²) in [5.41, 5.74) is 0.684. The zero-order valence-corrected chi connectivity index (χ0v) is 17.0. The van der Waals surface area contributed by atoms with Gasteiger partial charge in [-0.3, -0.25) is 0 Å². The number of anilines is 1. The number of pyridine rings is 2. The van der Waals surface area contributed by atoms with Gasteiger partial charge in [0.25, 0.3) is 0 Å². The molecule has 3 aromatic heterocycles. The molecular formula is C21H22N6O3. The number of nitrogens with zero attached hydrogens (tertiary/aromatic N) is 5. The number of fused-ring (bicyclic) bond motifs is 1. The van der Waals surface area contributed by atoms with Crippen molar-refractivity contribution in [3.8, 4) is 11.9 Å². The van der Waals surface area contributed by atoms with Gasteiger partial charge >= 0.3 is 5.97 Å². The van der Waals surface area contributed by atoms with E-state index in [9.17, 15) is 9.90 Å². The standard InChI is InChI=1S/C21H22N6O3/c1-20(2,3)30-19(29)15-11-23-17(7-16(15)26-21(12-28)4-5-21)27-18-14(10-25-27)6-13(8-22)9-24-18/h6-7,9-11,28H,4-5,12H2,1-3H3,(H,23,26). The third-order valence-electron chi connectivity index (χ3n) is 4.82. The van der Waals surface area contributed by atoms with Gasteiger partial charge in [-0.2, -0.15) is 15.0 Å². The molecular weight excluding hydrogens is 384 g/mol. The first-order valence-corrected chi connectivity index (χ1v) is 9.60. The van der Waals surface area contributed by atoms with E-state index >= 15 is 0 Å². The molecule has 1 aliphatic rings. The van der Waals surface area contributed by atoms with Gasteiger partial charge in [0, 0.05) is 23.8 Å². The van der Waals surface area contributed by atoms with Gasteiger partial charge in [0.1, 0.15) is 17.2 Å². The number of hydrogen-bond donors (Lipinski definition) is 2. The van der Waals surface area contributed by atoms with Gasteiger partial charge in [-0.15, -0.1) is 0 Å². The second kappa shape index (κ2) is 7.07. The molecule has 9 heteroatoms. The molecule has 3 heterocycles. The number of nitrogens with one attached hydrogen (secondary N) is 1. The van der Waals surface area contributed by atoms with Gasteiger partial charge in [0.05, 0.1) is 29.6 Å². The van der Waals surface area contributed by atoms with Crippen LogP contribution < -0.4 is 5.32 Å². The van der Waals surface area contributed by atoms with Gasteiger partial charge in [-0.25, -0.2) is 14.8 Å². The van der Waals surface area contributed by atoms with E-state index in [0.717, 1.165) is 12.8 Å². The normalized spacial score (nSPS) is 14.9. The minimum absolute atomic E-state index is 0.0401. The molecule has 154 valence electrons. The Morgan fingerprint density at radius 3 is 2.70 bits per heavy atom. The molecule has 0 aliphatic heterocycles. The van der Waals surface area contributed by atoms with Crippen LogP contribution in [0.1, 0.15) is 49.5 Å². The van der Waals surface area contributed by atoms with Crippen LogP contribution in [0, 0.1) is 11.3 Å². The summed E-state index contributed by atoms with van der Waals surface area (Å²) in [6, 6.07) is 5.45. The van der Waals surface area contributed by atoms with Crippen LogP contribution in [0.2, 0.25) is 0 Å². The average molecular weight is 406 g/mol. The lowest BCUT2D eigenvalue weighted by atomic mass is 10.1. The summed E-state index contributed by atoms with van der Waals surface area (Å²) in [6.45, 7) is 5.36. The minimum atomic E-state index is -0.651. The molecule has 0 unspecified atom stereocenters. The number of carbonyl (C=O) groups excluding carboxylic acids is 1. The Kier molecular flexibility index (Phi) is 4.67. The number of aromatic nitrogens is 4. The highest BCUT2D eigenvalue weighted by Crippen LogP contribution is 2.39. The Balaban J connectivity index is 1.77. The maximum Gasteiger partial charge on any atom is 0.342 e. The first-order valence-electron chi connectivity index (χ1n) is 9.60. The van der Waals surface area contributed by atoms with Gasteiger partial charge in [-0.05, 0) is 39.7 Å². The molecule has 1 aliphatic carbocycles. The number of rotatable bonds is 5. The van der Waals surface area contributed by atoms with Crippen molar-refractivity contribution in [2.75, 3.05) is 11.9 Å².